The molecule has 1 heterocycles. The molecule has 2 N–H and O–H groups in total. The van der Waals surface area contributed by atoms with Crippen LogP contribution in [-0.2, 0) is 0 Å². The number of nitrogens with zero attached hydrogens (tertiary/aromatic N) is 1. The van der Waals surface area contributed by atoms with Gasteiger partial charge in [0.25, 0.3) is 0 Å². The number of aromatic nitrogens is 1. The van der Waals surface area contributed by atoms with E-state index in [4.69, 9.17) is 5.73 Å². The van der Waals surface area contributed by atoms with Gasteiger partial charge in [0.05, 0.1) is 11.6 Å². The molecule has 1 unspecified atom stereocenters. The molecule has 2 nitrogen and oxygen atoms in total. The SMILES string of the molecule is NC(c1cccc(F)c1)c1cccc2cccnc12. The first-order valence-corrected chi connectivity index (χ1v) is 6.10. The maximum Gasteiger partial charge on any atom is 0.123 e. The second-order valence-electron chi connectivity index (χ2n) is 4.46. The van der Waals surface area contributed by atoms with Crippen LogP contribution in [0.1, 0.15) is 17.2 Å². The number of hydrogen-bond donors (Lipinski definition) is 1. The zero-order valence-corrected chi connectivity index (χ0v) is 10.3. The van der Waals surface area contributed by atoms with Crippen LogP contribution in [0.15, 0.2) is 60.8 Å². The van der Waals surface area contributed by atoms with Crippen LogP contribution in [-0.4, -0.2) is 4.98 Å². The Morgan fingerprint density at radius 1 is 1.00 bits per heavy atom. The van der Waals surface area contributed by atoms with Gasteiger partial charge in [0, 0.05) is 11.6 Å². The molecule has 1 aromatic heterocycles. The quantitative estimate of drug-likeness (QED) is 0.759. The Balaban J connectivity index is 2.14. The standard InChI is InChI=1S/C16H13FN2/c17-13-7-1-5-12(10-13)15(18)14-8-2-4-11-6-3-9-19-16(11)14/h1-10,15H,18H2. The summed E-state index contributed by atoms with van der Waals surface area (Å²) in [5.41, 5.74) is 8.76. The summed E-state index contributed by atoms with van der Waals surface area (Å²) in [4.78, 5) is 4.38. The van der Waals surface area contributed by atoms with Crippen molar-refractivity contribution in [1.29, 1.82) is 0 Å². The maximum atomic E-state index is 13.3. The number of pyridine rings is 1. The van der Waals surface area contributed by atoms with Crippen LogP contribution in [0.4, 0.5) is 4.39 Å². The summed E-state index contributed by atoms with van der Waals surface area (Å²) in [5, 5.41) is 1.03. The average molecular weight is 252 g/mol. The molecule has 3 heteroatoms. The fourth-order valence-electron chi connectivity index (χ4n) is 2.26. The second-order valence-corrected chi connectivity index (χ2v) is 4.46. The molecule has 19 heavy (non-hydrogen) atoms. The van der Waals surface area contributed by atoms with Crippen LogP contribution in [0, 0.1) is 5.82 Å². The van der Waals surface area contributed by atoms with Crippen molar-refractivity contribution in [2.24, 2.45) is 5.73 Å². The molecule has 0 amide bonds. The highest BCUT2D eigenvalue weighted by Crippen LogP contribution is 2.26. The first-order chi connectivity index (χ1) is 9.25. The molecule has 3 aromatic rings. The summed E-state index contributed by atoms with van der Waals surface area (Å²) in [6, 6.07) is 15.7. The summed E-state index contributed by atoms with van der Waals surface area (Å²) in [7, 11) is 0. The van der Waals surface area contributed by atoms with Crippen molar-refractivity contribution in [3.8, 4) is 0 Å². The molecule has 0 radical (unpaired) electrons. The Kier molecular flexibility index (Phi) is 2.97. The van der Waals surface area contributed by atoms with Crippen LogP contribution in [0.2, 0.25) is 0 Å². The van der Waals surface area contributed by atoms with Crippen LogP contribution in [0.25, 0.3) is 10.9 Å². The number of rotatable bonds is 2. The van der Waals surface area contributed by atoms with E-state index in [1.165, 1.54) is 12.1 Å². The Labute approximate surface area is 110 Å². The third-order valence-electron chi connectivity index (χ3n) is 3.21. The predicted molar refractivity (Wildman–Crippen MR) is 74.2 cm³/mol. The first-order valence-electron chi connectivity index (χ1n) is 6.10. The Hall–Kier alpha value is -2.26. The van der Waals surface area contributed by atoms with Crippen molar-refractivity contribution in [3.05, 3.63) is 77.7 Å². The lowest BCUT2D eigenvalue weighted by molar-refractivity contribution is 0.623. The van der Waals surface area contributed by atoms with Crippen LogP contribution in [0.3, 0.4) is 0 Å². The number of halogens is 1. The fraction of sp³-hybridized carbons (Fsp3) is 0.0625. The van der Waals surface area contributed by atoms with E-state index in [9.17, 15) is 4.39 Å². The number of nitrogens with two attached hydrogens (primary N) is 1. The lowest BCUT2D eigenvalue weighted by Crippen LogP contribution is -2.12. The normalized spacial score (nSPS) is 12.5. The largest absolute Gasteiger partial charge is 0.320 e. The Morgan fingerprint density at radius 2 is 1.79 bits per heavy atom. The van der Waals surface area contributed by atoms with Gasteiger partial charge in [0.1, 0.15) is 5.82 Å². The minimum atomic E-state index is -0.380. The summed E-state index contributed by atoms with van der Waals surface area (Å²) in [6.45, 7) is 0. The molecule has 0 fully saturated rings. The maximum absolute atomic E-state index is 13.3. The lowest BCUT2D eigenvalue weighted by atomic mass is 9.97. The minimum Gasteiger partial charge on any atom is -0.320 e. The van der Waals surface area contributed by atoms with Crippen LogP contribution in [0.5, 0.6) is 0 Å². The van der Waals surface area contributed by atoms with E-state index >= 15 is 0 Å². The van der Waals surface area contributed by atoms with Gasteiger partial charge < -0.3 is 5.73 Å². The van der Waals surface area contributed by atoms with Gasteiger partial charge >= 0.3 is 0 Å². The van der Waals surface area contributed by atoms with Gasteiger partial charge in [-0.05, 0) is 29.3 Å². The van der Waals surface area contributed by atoms with Crippen molar-refractivity contribution < 1.29 is 4.39 Å². The third kappa shape index (κ3) is 2.20. The molecule has 94 valence electrons. The zero-order valence-electron chi connectivity index (χ0n) is 10.3. The van der Waals surface area contributed by atoms with Crippen molar-refractivity contribution in [1.82, 2.24) is 4.98 Å². The summed E-state index contributed by atoms with van der Waals surface area (Å²) in [5.74, 6) is -0.277. The predicted octanol–water partition coefficient (Wildman–Crippen LogP) is 3.42. The molecule has 2 aromatic carbocycles. The highest BCUT2D eigenvalue weighted by Gasteiger charge is 2.13. The van der Waals surface area contributed by atoms with Gasteiger partial charge in [-0.15, -0.1) is 0 Å². The molecular weight excluding hydrogens is 239 g/mol. The summed E-state index contributed by atoms with van der Waals surface area (Å²) in [6.07, 6.45) is 1.74. The molecule has 1 atom stereocenters. The average Bonchev–Trinajstić information content (AvgIpc) is 2.46. The Morgan fingerprint density at radius 3 is 2.63 bits per heavy atom. The van der Waals surface area contributed by atoms with Gasteiger partial charge in [-0.25, -0.2) is 4.39 Å². The zero-order chi connectivity index (χ0) is 13.2. The van der Waals surface area contributed by atoms with E-state index in [0.29, 0.717) is 0 Å². The molecule has 0 aliphatic heterocycles. The molecule has 0 aliphatic carbocycles. The minimum absolute atomic E-state index is 0.277. The number of hydrogen-bond acceptors (Lipinski definition) is 2. The monoisotopic (exact) mass is 252 g/mol. The highest BCUT2D eigenvalue weighted by molar-refractivity contribution is 5.82. The fourth-order valence-corrected chi connectivity index (χ4v) is 2.26. The number of benzene rings is 2. The van der Waals surface area contributed by atoms with Gasteiger partial charge in [0.2, 0.25) is 0 Å². The van der Waals surface area contributed by atoms with E-state index in [0.717, 1.165) is 22.0 Å². The number of fused-ring (bicyclic) bond motifs is 1. The van der Waals surface area contributed by atoms with Crippen molar-refractivity contribution in [2.75, 3.05) is 0 Å². The van der Waals surface area contributed by atoms with Gasteiger partial charge in [0.15, 0.2) is 0 Å². The van der Waals surface area contributed by atoms with Gasteiger partial charge in [-0.1, -0.05) is 36.4 Å². The molecular formula is C16H13FN2. The van der Waals surface area contributed by atoms with Crippen LogP contribution < -0.4 is 5.73 Å². The van der Waals surface area contributed by atoms with Crippen molar-refractivity contribution in [3.63, 3.8) is 0 Å². The molecule has 3 rings (SSSR count). The second kappa shape index (κ2) is 4.78. The molecule has 0 saturated heterocycles. The molecule has 0 spiro atoms. The van der Waals surface area contributed by atoms with E-state index in [-0.39, 0.29) is 11.9 Å². The smallest absolute Gasteiger partial charge is 0.123 e. The lowest BCUT2D eigenvalue weighted by Gasteiger charge is -2.14. The number of para-hydroxylation sites is 1. The van der Waals surface area contributed by atoms with E-state index < -0.39 is 0 Å². The first kappa shape index (κ1) is 11.8. The van der Waals surface area contributed by atoms with E-state index in [1.54, 1.807) is 12.3 Å². The van der Waals surface area contributed by atoms with Crippen molar-refractivity contribution >= 4 is 10.9 Å². The molecule has 0 bridgehead atoms. The van der Waals surface area contributed by atoms with Gasteiger partial charge in [-0.3, -0.25) is 4.98 Å². The highest BCUT2D eigenvalue weighted by atomic mass is 19.1. The third-order valence-corrected chi connectivity index (χ3v) is 3.21. The van der Waals surface area contributed by atoms with E-state index in [2.05, 4.69) is 4.98 Å². The molecule has 0 saturated carbocycles. The Bertz CT molecular complexity index is 719. The topological polar surface area (TPSA) is 38.9 Å². The summed E-state index contributed by atoms with van der Waals surface area (Å²) >= 11 is 0. The molecule has 0 aliphatic rings. The van der Waals surface area contributed by atoms with E-state index in [1.807, 2.05) is 36.4 Å². The van der Waals surface area contributed by atoms with Gasteiger partial charge in [-0.2, -0.15) is 0 Å². The van der Waals surface area contributed by atoms with Crippen LogP contribution >= 0.6 is 0 Å². The van der Waals surface area contributed by atoms with Crippen molar-refractivity contribution in [2.45, 2.75) is 6.04 Å². The summed E-state index contributed by atoms with van der Waals surface area (Å²) < 4.78 is 13.3.